The number of ether oxygens (including phenoxy) is 3. The second kappa shape index (κ2) is 15.6. The summed E-state index contributed by atoms with van der Waals surface area (Å²) in [7, 11) is 0. The third-order valence-electron chi connectivity index (χ3n) is 5.54. The van der Waals surface area contributed by atoms with E-state index in [1.54, 1.807) is 38.1 Å². The van der Waals surface area contributed by atoms with Crippen molar-refractivity contribution >= 4 is 23.4 Å². The van der Waals surface area contributed by atoms with Crippen LogP contribution in [0.15, 0.2) is 42.5 Å². The molecule has 2 amide bonds. The number of alkyl halides is 3. The van der Waals surface area contributed by atoms with Gasteiger partial charge in [-0.25, -0.2) is 9.59 Å². The van der Waals surface area contributed by atoms with E-state index in [2.05, 4.69) is 10.1 Å². The molecule has 0 aliphatic heterocycles. The van der Waals surface area contributed by atoms with Crippen molar-refractivity contribution in [3.63, 3.8) is 0 Å². The summed E-state index contributed by atoms with van der Waals surface area (Å²) in [6.07, 6.45) is -5.15. The lowest BCUT2D eigenvalue weighted by Gasteiger charge is -2.23. The van der Waals surface area contributed by atoms with Crippen LogP contribution in [-0.2, 0) is 20.7 Å². The number of hydrogen-bond acceptors (Lipinski definition) is 7. The number of urea groups is 1. The lowest BCUT2D eigenvalue weighted by molar-refractivity contribution is -0.385. The molecule has 0 aliphatic rings. The number of carbonyl (C=O) groups excluding carboxylic acids is 1. The topological polar surface area (TPSA) is 140 Å². The van der Waals surface area contributed by atoms with E-state index >= 15 is 0 Å². The number of rotatable bonds is 16. The number of carboxylic acid groups (broad SMARTS) is 1. The fourth-order valence-electron chi connectivity index (χ4n) is 3.57. The molecule has 0 spiro atoms. The number of amides is 2. The third-order valence-corrected chi connectivity index (χ3v) is 5.54. The van der Waals surface area contributed by atoms with E-state index in [1.165, 1.54) is 23.1 Å². The summed E-state index contributed by atoms with van der Waals surface area (Å²) >= 11 is 0. The second-order valence-corrected chi connectivity index (χ2v) is 8.68. The summed E-state index contributed by atoms with van der Waals surface area (Å²) in [5.41, 5.74) is 1.15. The molecule has 0 bridgehead atoms. The molecular weight excluding hydrogens is 539 g/mol. The number of aryl methyl sites for hydroxylation is 1. The predicted molar refractivity (Wildman–Crippen MR) is 139 cm³/mol. The van der Waals surface area contributed by atoms with Gasteiger partial charge >= 0.3 is 18.2 Å². The maximum absolute atomic E-state index is 12.9. The number of halogens is 3. The number of nitrogens with one attached hydrogen (secondary N) is 1. The Labute approximate surface area is 229 Å². The van der Waals surface area contributed by atoms with Gasteiger partial charge in [-0.3, -0.25) is 10.1 Å². The van der Waals surface area contributed by atoms with Gasteiger partial charge in [0.15, 0.2) is 6.10 Å². The Morgan fingerprint density at radius 2 is 1.82 bits per heavy atom. The molecule has 2 aromatic carbocycles. The fraction of sp³-hybridized carbons (Fsp3) is 0.462. The number of nitro groups is 1. The highest BCUT2D eigenvalue weighted by Crippen LogP contribution is 2.23. The largest absolute Gasteiger partial charge is 0.492 e. The summed E-state index contributed by atoms with van der Waals surface area (Å²) in [6.45, 7) is 2.00. The van der Waals surface area contributed by atoms with Crippen LogP contribution >= 0.6 is 0 Å². The molecule has 40 heavy (non-hydrogen) atoms. The Bertz CT molecular complexity index is 1130. The number of nitrogens with zero attached hydrogens (tertiary/aromatic N) is 2. The van der Waals surface area contributed by atoms with Gasteiger partial charge in [0.25, 0.3) is 5.69 Å². The molecule has 0 saturated carbocycles. The molecule has 11 nitrogen and oxygen atoms in total. The highest BCUT2D eigenvalue weighted by molar-refractivity contribution is 5.89. The minimum Gasteiger partial charge on any atom is -0.492 e. The minimum atomic E-state index is -4.46. The van der Waals surface area contributed by atoms with Crippen molar-refractivity contribution in [1.29, 1.82) is 0 Å². The van der Waals surface area contributed by atoms with Gasteiger partial charge in [0, 0.05) is 43.5 Å². The number of carboxylic acids is 1. The molecule has 2 aromatic rings. The van der Waals surface area contributed by atoms with Crippen molar-refractivity contribution in [2.75, 3.05) is 44.8 Å². The van der Waals surface area contributed by atoms with Crippen LogP contribution in [0.5, 0.6) is 5.75 Å². The van der Waals surface area contributed by atoms with E-state index in [4.69, 9.17) is 9.47 Å². The normalized spacial score (nSPS) is 12.0. The zero-order valence-electron chi connectivity index (χ0n) is 22.1. The van der Waals surface area contributed by atoms with Crippen LogP contribution in [-0.4, -0.2) is 78.7 Å². The fourth-order valence-corrected chi connectivity index (χ4v) is 3.57. The SMILES string of the molecule is CCOC(Cc1ccc(OCCN(CCCOCC(F)(F)F)C(=O)Nc2ccc(C)c([N+](=O)[O-])c2)cc1)C(=O)O. The van der Waals surface area contributed by atoms with Crippen LogP contribution in [0.25, 0.3) is 0 Å². The number of hydrogen-bond donors (Lipinski definition) is 2. The Kier molecular flexibility index (Phi) is 12.6. The Morgan fingerprint density at radius 3 is 2.42 bits per heavy atom. The first-order valence-corrected chi connectivity index (χ1v) is 12.4. The molecule has 0 radical (unpaired) electrons. The number of anilines is 1. The molecule has 1 unspecified atom stereocenters. The van der Waals surface area contributed by atoms with Crippen LogP contribution in [0.2, 0.25) is 0 Å². The lowest BCUT2D eigenvalue weighted by Crippen LogP contribution is -2.39. The van der Waals surface area contributed by atoms with Crippen molar-refractivity contribution in [1.82, 2.24) is 4.90 Å². The summed E-state index contributed by atoms with van der Waals surface area (Å²) in [4.78, 5) is 36.1. The first-order valence-electron chi connectivity index (χ1n) is 12.4. The van der Waals surface area contributed by atoms with E-state index in [9.17, 15) is 38.0 Å². The standard InChI is InChI=1S/C26H32F3N3O8/c1-3-39-23(24(33)34)15-19-6-9-21(10-7-19)40-14-12-31(11-4-13-38-17-26(27,28)29)25(35)30-20-8-5-18(2)22(16-20)32(36)37/h5-10,16,23H,3-4,11-15,17H2,1-2H3,(H,30,35)(H,33,34). The van der Waals surface area contributed by atoms with E-state index in [1.807, 2.05) is 0 Å². The minimum absolute atomic E-state index is 0.0287. The smallest absolute Gasteiger partial charge is 0.411 e. The van der Waals surface area contributed by atoms with Crippen molar-refractivity contribution in [3.05, 3.63) is 63.7 Å². The molecule has 2 rings (SSSR count). The van der Waals surface area contributed by atoms with E-state index in [0.29, 0.717) is 11.3 Å². The van der Waals surface area contributed by atoms with Gasteiger partial charge in [-0.05, 0) is 44.0 Å². The van der Waals surface area contributed by atoms with Gasteiger partial charge in [0.1, 0.15) is 19.0 Å². The Balaban J connectivity index is 1.99. The van der Waals surface area contributed by atoms with Crippen molar-refractivity contribution in [2.45, 2.75) is 39.0 Å². The number of aliphatic carboxylic acids is 1. The summed E-state index contributed by atoms with van der Waals surface area (Å²) < 4.78 is 52.5. The lowest BCUT2D eigenvalue weighted by atomic mass is 10.1. The molecule has 2 N–H and O–H groups in total. The summed E-state index contributed by atoms with van der Waals surface area (Å²) in [6, 6.07) is 10.3. The highest BCUT2D eigenvalue weighted by Gasteiger charge is 2.27. The van der Waals surface area contributed by atoms with Crippen molar-refractivity contribution in [3.8, 4) is 5.75 Å². The molecule has 14 heteroatoms. The van der Waals surface area contributed by atoms with E-state index < -0.39 is 35.8 Å². The summed E-state index contributed by atoms with van der Waals surface area (Å²) in [5, 5.41) is 23.0. The maximum atomic E-state index is 12.9. The molecule has 0 aliphatic carbocycles. The number of nitro benzene ring substituents is 1. The Morgan fingerprint density at radius 1 is 1.12 bits per heavy atom. The monoisotopic (exact) mass is 571 g/mol. The van der Waals surface area contributed by atoms with Gasteiger partial charge < -0.3 is 29.5 Å². The van der Waals surface area contributed by atoms with Gasteiger partial charge in [0.2, 0.25) is 0 Å². The van der Waals surface area contributed by atoms with Crippen molar-refractivity contribution in [2.24, 2.45) is 0 Å². The average Bonchev–Trinajstić information content (AvgIpc) is 2.88. The highest BCUT2D eigenvalue weighted by atomic mass is 19.4. The first kappa shape index (κ1) is 32.3. The van der Waals surface area contributed by atoms with Gasteiger partial charge in [-0.2, -0.15) is 13.2 Å². The van der Waals surface area contributed by atoms with Crippen LogP contribution < -0.4 is 10.1 Å². The second-order valence-electron chi connectivity index (χ2n) is 8.68. The van der Waals surface area contributed by atoms with E-state index in [-0.39, 0.29) is 57.1 Å². The quantitative estimate of drug-likeness (QED) is 0.166. The molecule has 1 atom stereocenters. The zero-order chi connectivity index (χ0) is 29.7. The number of benzene rings is 2. The number of carbonyl (C=O) groups is 2. The van der Waals surface area contributed by atoms with Gasteiger partial charge in [0.05, 0.1) is 11.5 Å². The van der Waals surface area contributed by atoms with Crippen LogP contribution in [0.3, 0.4) is 0 Å². The van der Waals surface area contributed by atoms with Crippen molar-refractivity contribution < 1.29 is 47.0 Å². The van der Waals surface area contributed by atoms with Gasteiger partial charge in [-0.15, -0.1) is 0 Å². The molecule has 0 fully saturated rings. The molecule has 0 heterocycles. The molecule has 220 valence electrons. The average molecular weight is 572 g/mol. The summed E-state index contributed by atoms with van der Waals surface area (Å²) in [5.74, 6) is -0.611. The third kappa shape index (κ3) is 11.5. The Hall–Kier alpha value is -3.91. The molecule has 0 saturated heterocycles. The zero-order valence-corrected chi connectivity index (χ0v) is 22.1. The van der Waals surface area contributed by atoms with Crippen LogP contribution in [0.4, 0.5) is 29.3 Å². The van der Waals surface area contributed by atoms with Crippen LogP contribution in [0.1, 0.15) is 24.5 Å². The van der Waals surface area contributed by atoms with E-state index in [0.717, 1.165) is 5.56 Å². The molecular formula is C26H32F3N3O8. The molecule has 0 aromatic heterocycles. The predicted octanol–water partition coefficient (Wildman–Crippen LogP) is 4.82. The first-order chi connectivity index (χ1) is 18.9. The van der Waals surface area contributed by atoms with Gasteiger partial charge in [-0.1, -0.05) is 18.2 Å². The maximum Gasteiger partial charge on any atom is 0.411 e. The van der Waals surface area contributed by atoms with Crippen LogP contribution in [0, 0.1) is 17.0 Å².